The van der Waals surface area contributed by atoms with Crippen LogP contribution in [0.15, 0.2) is 6.20 Å². The van der Waals surface area contributed by atoms with Crippen LogP contribution < -0.4 is 5.32 Å². The average Bonchev–Trinajstić information content (AvgIpc) is 2.76. The normalized spacial score (nSPS) is 17.5. The highest BCUT2D eigenvalue weighted by Gasteiger charge is 2.12. The Hall–Kier alpha value is -1.41. The molecular weight excluding hydrogens is 190 g/mol. The summed E-state index contributed by atoms with van der Waals surface area (Å²) >= 11 is 0. The Morgan fingerprint density at radius 2 is 2.33 bits per heavy atom. The lowest BCUT2D eigenvalue weighted by molar-refractivity contribution is 0.330. The highest BCUT2D eigenvalue weighted by atomic mass is 15.4. The minimum absolute atomic E-state index is 0.403. The first-order valence-electron chi connectivity index (χ1n) is 5.39. The fourth-order valence-corrected chi connectivity index (χ4v) is 1.94. The largest absolute Gasteiger partial charge is 0.317 e. The van der Waals surface area contributed by atoms with E-state index in [0.29, 0.717) is 5.69 Å². The molecule has 1 aliphatic rings. The fourth-order valence-electron chi connectivity index (χ4n) is 1.94. The first-order chi connectivity index (χ1) is 7.38. The summed E-state index contributed by atoms with van der Waals surface area (Å²) in [6, 6.07) is 1.98. The molecule has 1 N–H and O–H groups in total. The maximum Gasteiger partial charge on any atom is 0.182 e. The van der Waals surface area contributed by atoms with Crippen LogP contribution in [0.1, 0.15) is 25.0 Å². The Balaban J connectivity index is 1.79. The molecule has 1 aromatic rings. The van der Waals surface area contributed by atoms with E-state index in [1.54, 1.807) is 10.9 Å². The van der Waals surface area contributed by atoms with Crippen molar-refractivity contribution < 1.29 is 0 Å². The minimum Gasteiger partial charge on any atom is -0.317 e. The summed E-state index contributed by atoms with van der Waals surface area (Å²) in [6.07, 6.45) is 5.34. The van der Waals surface area contributed by atoms with Crippen LogP contribution in [0.5, 0.6) is 0 Å². The number of nitrogens with one attached hydrogen (secondary N) is 1. The number of aromatic nitrogens is 3. The molecule has 0 unspecified atom stereocenters. The second-order valence-corrected chi connectivity index (χ2v) is 3.96. The van der Waals surface area contributed by atoms with E-state index in [1.165, 1.54) is 12.8 Å². The Morgan fingerprint density at radius 1 is 1.53 bits per heavy atom. The van der Waals surface area contributed by atoms with Crippen molar-refractivity contribution in [1.82, 2.24) is 20.3 Å². The maximum absolute atomic E-state index is 8.59. The standard InChI is InChI=1S/C10H15N5/c11-7-10-8-15(14-13-10)6-3-9-1-4-12-5-2-9/h8-9,12H,1-6H2. The van der Waals surface area contributed by atoms with Gasteiger partial charge in [0.15, 0.2) is 5.69 Å². The summed E-state index contributed by atoms with van der Waals surface area (Å²) in [7, 11) is 0. The lowest BCUT2D eigenvalue weighted by atomic mass is 9.95. The molecule has 0 bridgehead atoms. The van der Waals surface area contributed by atoms with Gasteiger partial charge in [0.1, 0.15) is 6.07 Å². The number of rotatable bonds is 3. The Bertz CT molecular complexity index is 345. The van der Waals surface area contributed by atoms with E-state index in [1.807, 2.05) is 6.07 Å². The molecule has 5 heteroatoms. The van der Waals surface area contributed by atoms with Crippen molar-refractivity contribution in [1.29, 1.82) is 5.26 Å². The summed E-state index contributed by atoms with van der Waals surface area (Å²) in [5.74, 6) is 0.793. The van der Waals surface area contributed by atoms with Crippen LogP contribution in [0.4, 0.5) is 0 Å². The van der Waals surface area contributed by atoms with Crippen LogP contribution in [-0.4, -0.2) is 28.1 Å². The molecule has 2 rings (SSSR count). The van der Waals surface area contributed by atoms with Crippen molar-refractivity contribution in [3.05, 3.63) is 11.9 Å². The molecule has 0 spiro atoms. The third kappa shape index (κ3) is 2.77. The molecule has 0 saturated carbocycles. The van der Waals surface area contributed by atoms with Gasteiger partial charge in [-0.05, 0) is 38.3 Å². The predicted octanol–water partition coefficient (Wildman–Crippen LogP) is 0.539. The van der Waals surface area contributed by atoms with Gasteiger partial charge in [-0.3, -0.25) is 4.68 Å². The molecule has 0 atom stereocenters. The van der Waals surface area contributed by atoms with Crippen LogP contribution in [0.3, 0.4) is 0 Å². The highest BCUT2D eigenvalue weighted by Crippen LogP contribution is 2.16. The second kappa shape index (κ2) is 4.89. The van der Waals surface area contributed by atoms with Gasteiger partial charge in [0.05, 0.1) is 6.20 Å². The van der Waals surface area contributed by atoms with E-state index >= 15 is 0 Å². The Labute approximate surface area is 89.1 Å². The van der Waals surface area contributed by atoms with Crippen molar-refractivity contribution >= 4 is 0 Å². The van der Waals surface area contributed by atoms with Gasteiger partial charge >= 0.3 is 0 Å². The number of piperidine rings is 1. The molecular formula is C10H15N5. The zero-order chi connectivity index (χ0) is 10.5. The van der Waals surface area contributed by atoms with Gasteiger partial charge in [-0.2, -0.15) is 5.26 Å². The van der Waals surface area contributed by atoms with Gasteiger partial charge < -0.3 is 5.32 Å². The summed E-state index contributed by atoms with van der Waals surface area (Å²) in [5, 5.41) is 19.6. The topological polar surface area (TPSA) is 66.5 Å². The average molecular weight is 205 g/mol. The molecule has 2 heterocycles. The third-order valence-electron chi connectivity index (χ3n) is 2.88. The molecule has 1 aliphatic heterocycles. The molecule has 1 aromatic heterocycles. The molecule has 0 amide bonds. The molecule has 1 saturated heterocycles. The Morgan fingerprint density at radius 3 is 3.00 bits per heavy atom. The summed E-state index contributed by atoms with van der Waals surface area (Å²) in [4.78, 5) is 0. The molecule has 0 aliphatic carbocycles. The van der Waals surface area contributed by atoms with Crippen LogP contribution in [0, 0.1) is 17.2 Å². The quantitative estimate of drug-likeness (QED) is 0.782. The predicted molar refractivity (Wildman–Crippen MR) is 54.9 cm³/mol. The van der Waals surface area contributed by atoms with Gasteiger partial charge in [0.25, 0.3) is 0 Å². The number of nitriles is 1. The molecule has 5 nitrogen and oxygen atoms in total. The minimum atomic E-state index is 0.403. The van der Waals surface area contributed by atoms with Gasteiger partial charge in [0, 0.05) is 6.54 Å². The van der Waals surface area contributed by atoms with Crippen molar-refractivity contribution in [2.75, 3.05) is 13.1 Å². The monoisotopic (exact) mass is 205 g/mol. The van der Waals surface area contributed by atoms with E-state index in [0.717, 1.165) is 32.0 Å². The SMILES string of the molecule is N#Cc1cn(CCC2CCNCC2)nn1. The van der Waals surface area contributed by atoms with E-state index in [9.17, 15) is 0 Å². The lowest BCUT2D eigenvalue weighted by Gasteiger charge is -2.22. The van der Waals surface area contributed by atoms with Gasteiger partial charge in [0.2, 0.25) is 0 Å². The van der Waals surface area contributed by atoms with Crippen molar-refractivity contribution in [3.63, 3.8) is 0 Å². The zero-order valence-electron chi connectivity index (χ0n) is 8.69. The fraction of sp³-hybridized carbons (Fsp3) is 0.700. The van der Waals surface area contributed by atoms with Crippen LogP contribution in [0.25, 0.3) is 0 Å². The van der Waals surface area contributed by atoms with Gasteiger partial charge in [-0.1, -0.05) is 5.21 Å². The molecule has 0 aromatic carbocycles. The zero-order valence-corrected chi connectivity index (χ0v) is 8.69. The smallest absolute Gasteiger partial charge is 0.182 e. The van der Waals surface area contributed by atoms with Gasteiger partial charge in [-0.25, -0.2) is 0 Å². The molecule has 1 fully saturated rings. The van der Waals surface area contributed by atoms with Crippen LogP contribution >= 0.6 is 0 Å². The number of hydrogen-bond acceptors (Lipinski definition) is 4. The molecule has 0 radical (unpaired) electrons. The van der Waals surface area contributed by atoms with Crippen molar-refractivity contribution in [3.8, 4) is 6.07 Å². The lowest BCUT2D eigenvalue weighted by Crippen LogP contribution is -2.28. The summed E-state index contributed by atoms with van der Waals surface area (Å²) in [6.45, 7) is 3.14. The van der Waals surface area contributed by atoms with Crippen LogP contribution in [0.2, 0.25) is 0 Å². The number of aryl methyl sites for hydroxylation is 1. The summed E-state index contributed by atoms with van der Waals surface area (Å²) < 4.78 is 1.76. The van der Waals surface area contributed by atoms with E-state index < -0.39 is 0 Å². The number of nitrogens with zero attached hydrogens (tertiary/aromatic N) is 4. The van der Waals surface area contributed by atoms with Crippen LogP contribution in [-0.2, 0) is 6.54 Å². The third-order valence-corrected chi connectivity index (χ3v) is 2.88. The first kappa shape index (κ1) is 10.1. The van der Waals surface area contributed by atoms with E-state index in [4.69, 9.17) is 5.26 Å². The van der Waals surface area contributed by atoms with E-state index in [2.05, 4.69) is 15.6 Å². The molecule has 80 valence electrons. The van der Waals surface area contributed by atoms with Gasteiger partial charge in [-0.15, -0.1) is 5.10 Å². The molecule has 15 heavy (non-hydrogen) atoms. The van der Waals surface area contributed by atoms with Crippen molar-refractivity contribution in [2.24, 2.45) is 5.92 Å². The highest BCUT2D eigenvalue weighted by molar-refractivity contribution is 5.12. The number of hydrogen-bond donors (Lipinski definition) is 1. The Kier molecular flexibility index (Phi) is 3.30. The second-order valence-electron chi connectivity index (χ2n) is 3.96. The maximum atomic E-state index is 8.59. The first-order valence-corrected chi connectivity index (χ1v) is 5.39. The summed E-state index contributed by atoms with van der Waals surface area (Å²) in [5.41, 5.74) is 0.403. The van der Waals surface area contributed by atoms with E-state index in [-0.39, 0.29) is 0 Å². The van der Waals surface area contributed by atoms with Crippen molar-refractivity contribution in [2.45, 2.75) is 25.8 Å².